The lowest BCUT2D eigenvalue weighted by Crippen LogP contribution is -2.68. The van der Waals surface area contributed by atoms with Crippen molar-refractivity contribution in [1.29, 1.82) is 0 Å². The number of fused-ring (bicyclic) bond motifs is 1. The maximum Gasteiger partial charge on any atom is 0.225 e. The summed E-state index contributed by atoms with van der Waals surface area (Å²) in [5.41, 5.74) is 0.890. The number of piperidine rings is 1. The molecule has 154 valence electrons. The van der Waals surface area contributed by atoms with Crippen LogP contribution in [0.5, 0.6) is 5.75 Å². The summed E-state index contributed by atoms with van der Waals surface area (Å²) < 4.78 is 0. The predicted molar refractivity (Wildman–Crippen MR) is 108 cm³/mol. The van der Waals surface area contributed by atoms with Crippen LogP contribution in [-0.4, -0.2) is 90.3 Å². The lowest BCUT2D eigenvalue weighted by molar-refractivity contribution is -0.136. The molecular weight excluding hydrogens is 354 g/mol. The Balaban J connectivity index is 1.69. The van der Waals surface area contributed by atoms with Crippen LogP contribution in [0.2, 0.25) is 0 Å². The average Bonchev–Trinajstić information content (AvgIpc) is 2.98. The Morgan fingerprint density at radius 1 is 1.25 bits per heavy atom. The highest BCUT2D eigenvalue weighted by molar-refractivity contribution is 5.80. The van der Waals surface area contributed by atoms with Crippen molar-refractivity contribution in [3.8, 4) is 5.75 Å². The van der Waals surface area contributed by atoms with E-state index in [1.807, 2.05) is 38.2 Å². The molecule has 4 rings (SSSR count). The number of phenolic OH excluding ortho intramolecular Hbond substituents is 1. The van der Waals surface area contributed by atoms with Gasteiger partial charge in [-0.2, -0.15) is 0 Å². The Labute approximate surface area is 167 Å². The number of rotatable bonds is 4. The van der Waals surface area contributed by atoms with Crippen molar-refractivity contribution >= 4 is 5.91 Å². The van der Waals surface area contributed by atoms with Crippen LogP contribution in [0.4, 0.5) is 0 Å². The molecule has 2 aliphatic carbocycles. The average molecular weight is 388 g/mol. The van der Waals surface area contributed by atoms with E-state index in [-0.39, 0.29) is 23.6 Å². The molecule has 1 amide bonds. The topological polar surface area (TPSA) is 67.2 Å². The summed E-state index contributed by atoms with van der Waals surface area (Å²) in [6.45, 7) is 2.42. The molecule has 3 aliphatic rings. The predicted octanol–water partition coefficient (Wildman–Crippen LogP) is 1.05. The lowest BCUT2D eigenvalue weighted by atomic mass is 9.56. The summed E-state index contributed by atoms with van der Waals surface area (Å²) in [7, 11) is 7.96. The number of hydrogen-bond acceptors (Lipinski definition) is 5. The van der Waals surface area contributed by atoms with Gasteiger partial charge in [0.05, 0.1) is 5.60 Å². The minimum atomic E-state index is -0.927. The van der Waals surface area contributed by atoms with Crippen molar-refractivity contribution in [2.75, 3.05) is 47.8 Å². The molecule has 0 unspecified atom stereocenters. The molecule has 0 radical (unpaired) electrons. The molecule has 1 saturated carbocycles. The highest BCUT2D eigenvalue weighted by Crippen LogP contribution is 2.61. The molecule has 0 aromatic heterocycles. The van der Waals surface area contributed by atoms with Crippen molar-refractivity contribution in [1.82, 2.24) is 14.7 Å². The number of phenols is 1. The molecule has 2 N–H and O–H groups in total. The van der Waals surface area contributed by atoms with E-state index in [1.165, 1.54) is 5.56 Å². The molecule has 6 nitrogen and oxygen atoms in total. The first kappa shape index (κ1) is 19.7. The summed E-state index contributed by atoms with van der Waals surface area (Å²) in [4.78, 5) is 19.4. The molecule has 1 heterocycles. The summed E-state index contributed by atoms with van der Waals surface area (Å²) in [6.07, 6.45) is 2.75. The van der Waals surface area contributed by atoms with Crippen LogP contribution in [0.15, 0.2) is 18.2 Å². The first-order chi connectivity index (χ1) is 13.2. The van der Waals surface area contributed by atoms with Crippen LogP contribution in [0.25, 0.3) is 0 Å². The summed E-state index contributed by atoms with van der Waals surface area (Å²) >= 11 is 0. The van der Waals surface area contributed by atoms with Crippen molar-refractivity contribution < 1.29 is 15.0 Å². The third-order valence-corrected chi connectivity index (χ3v) is 7.59. The zero-order chi connectivity index (χ0) is 20.3. The van der Waals surface area contributed by atoms with E-state index in [2.05, 4.69) is 16.8 Å². The minimum Gasteiger partial charge on any atom is -0.508 e. The smallest absolute Gasteiger partial charge is 0.225 e. The molecular formula is C22H33N3O3. The number of likely N-dealkylation sites (N-methyl/N-ethyl adjacent to an activating group) is 3. The van der Waals surface area contributed by atoms with Gasteiger partial charge in [0.2, 0.25) is 5.91 Å². The van der Waals surface area contributed by atoms with Crippen LogP contribution in [-0.2, 0) is 16.6 Å². The van der Waals surface area contributed by atoms with Gasteiger partial charge < -0.3 is 24.9 Å². The number of amides is 1. The standard InChI is InChI=1S/C22H33N3O3/c1-23(2)9-10-25(4)20(27)16-13-21-7-8-24(3)19(22(21,28)14-16)11-15-5-6-17(26)12-18(15)21/h5-6,12,16,19,26,28H,7-11,13-14H2,1-4H3/t16-,19-,21-,22-/m1/s1. The van der Waals surface area contributed by atoms with E-state index >= 15 is 0 Å². The highest BCUT2D eigenvalue weighted by atomic mass is 16.3. The quantitative estimate of drug-likeness (QED) is 0.809. The molecule has 2 fully saturated rings. The molecule has 1 saturated heterocycles. The monoisotopic (exact) mass is 387 g/mol. The maximum absolute atomic E-state index is 13.2. The van der Waals surface area contributed by atoms with Gasteiger partial charge in [-0.3, -0.25) is 4.79 Å². The largest absolute Gasteiger partial charge is 0.508 e. The van der Waals surface area contributed by atoms with Crippen molar-refractivity contribution in [3.63, 3.8) is 0 Å². The number of aromatic hydroxyl groups is 1. The third-order valence-electron chi connectivity index (χ3n) is 7.59. The fraction of sp³-hybridized carbons (Fsp3) is 0.682. The zero-order valence-electron chi connectivity index (χ0n) is 17.5. The van der Waals surface area contributed by atoms with E-state index in [0.29, 0.717) is 19.4 Å². The summed E-state index contributed by atoms with van der Waals surface area (Å²) in [6, 6.07) is 5.59. The van der Waals surface area contributed by atoms with Gasteiger partial charge in [-0.05, 0) is 76.6 Å². The summed E-state index contributed by atoms with van der Waals surface area (Å²) in [5, 5.41) is 22.2. The zero-order valence-corrected chi connectivity index (χ0v) is 17.5. The van der Waals surface area contributed by atoms with Crippen molar-refractivity contribution in [2.24, 2.45) is 5.92 Å². The van der Waals surface area contributed by atoms with Gasteiger partial charge in [-0.25, -0.2) is 0 Å². The third kappa shape index (κ3) is 2.77. The van der Waals surface area contributed by atoms with E-state index in [4.69, 9.17) is 0 Å². The second-order valence-corrected chi connectivity index (χ2v) is 9.47. The molecule has 6 heteroatoms. The number of hydrogen-bond donors (Lipinski definition) is 2. The van der Waals surface area contributed by atoms with Crippen LogP contribution in [0.3, 0.4) is 0 Å². The Bertz CT molecular complexity index is 782. The molecule has 28 heavy (non-hydrogen) atoms. The minimum absolute atomic E-state index is 0.0168. The van der Waals surface area contributed by atoms with E-state index in [9.17, 15) is 15.0 Å². The lowest BCUT2D eigenvalue weighted by Gasteiger charge is -2.58. The number of nitrogens with zero attached hydrogens (tertiary/aromatic N) is 3. The molecule has 2 bridgehead atoms. The highest BCUT2D eigenvalue weighted by Gasteiger charge is 2.67. The van der Waals surface area contributed by atoms with Gasteiger partial charge in [0, 0.05) is 37.5 Å². The van der Waals surface area contributed by atoms with Crippen LogP contribution in [0.1, 0.15) is 30.4 Å². The molecule has 1 aromatic rings. The first-order valence-corrected chi connectivity index (χ1v) is 10.3. The second kappa shape index (κ2) is 6.71. The Morgan fingerprint density at radius 2 is 2.00 bits per heavy atom. The van der Waals surface area contributed by atoms with Crippen molar-refractivity contribution in [3.05, 3.63) is 29.3 Å². The maximum atomic E-state index is 13.2. The van der Waals surface area contributed by atoms with Gasteiger partial charge in [0.1, 0.15) is 5.75 Å². The fourth-order valence-corrected chi connectivity index (χ4v) is 6.05. The molecule has 4 atom stereocenters. The van der Waals surface area contributed by atoms with Gasteiger partial charge in [0.15, 0.2) is 0 Å². The van der Waals surface area contributed by atoms with E-state index in [0.717, 1.165) is 31.5 Å². The van der Waals surface area contributed by atoms with Gasteiger partial charge >= 0.3 is 0 Å². The molecule has 1 aliphatic heterocycles. The number of carbonyl (C=O) groups is 1. The normalized spacial score (nSPS) is 34.2. The van der Waals surface area contributed by atoms with Crippen LogP contribution >= 0.6 is 0 Å². The molecule has 1 aromatic carbocycles. The summed E-state index contributed by atoms with van der Waals surface area (Å²) in [5.74, 6) is 0.194. The number of carbonyl (C=O) groups excluding carboxylic acids is 1. The van der Waals surface area contributed by atoms with Gasteiger partial charge in [-0.1, -0.05) is 6.07 Å². The first-order valence-electron chi connectivity index (χ1n) is 10.3. The van der Waals surface area contributed by atoms with E-state index < -0.39 is 11.0 Å². The Hall–Kier alpha value is -1.63. The van der Waals surface area contributed by atoms with E-state index in [1.54, 1.807) is 6.07 Å². The number of likely N-dealkylation sites (tertiary alicyclic amines) is 1. The number of benzene rings is 1. The number of aliphatic hydroxyl groups is 1. The van der Waals surface area contributed by atoms with Crippen molar-refractivity contribution in [2.45, 2.75) is 42.7 Å². The van der Waals surface area contributed by atoms with Gasteiger partial charge in [-0.15, -0.1) is 0 Å². The fourth-order valence-electron chi connectivity index (χ4n) is 6.05. The van der Waals surface area contributed by atoms with Gasteiger partial charge in [0.25, 0.3) is 0 Å². The SMILES string of the molecule is CN(C)CCN(C)C(=O)[C@@H]1C[C@]23CCN(C)[C@H](Cc4ccc(O)cc42)[C@]3(O)C1. The Kier molecular flexibility index (Phi) is 4.72. The van der Waals surface area contributed by atoms with Crippen LogP contribution < -0.4 is 0 Å². The Morgan fingerprint density at radius 3 is 2.71 bits per heavy atom. The van der Waals surface area contributed by atoms with Crippen LogP contribution in [0, 0.1) is 5.92 Å². The molecule has 0 spiro atoms. The second-order valence-electron chi connectivity index (χ2n) is 9.47.